The van der Waals surface area contributed by atoms with Crippen LogP contribution in [0.15, 0.2) is 0 Å². The molecule has 0 aromatic heterocycles. The Hall–Kier alpha value is -0.160. The summed E-state index contributed by atoms with van der Waals surface area (Å²) in [5, 5.41) is 3.39. The molecular formula is C12H27N3O. The van der Waals surface area contributed by atoms with Crippen LogP contribution in [0.3, 0.4) is 0 Å². The van der Waals surface area contributed by atoms with E-state index < -0.39 is 0 Å². The summed E-state index contributed by atoms with van der Waals surface area (Å²) in [5.74, 6) is 0. The number of hydrogen-bond donors (Lipinski definition) is 1. The van der Waals surface area contributed by atoms with Gasteiger partial charge in [0.15, 0.2) is 0 Å². The fraction of sp³-hybridized carbons (Fsp3) is 1.00. The first kappa shape index (κ1) is 13.9. The van der Waals surface area contributed by atoms with Gasteiger partial charge in [0.1, 0.15) is 0 Å². The van der Waals surface area contributed by atoms with Crippen molar-refractivity contribution in [1.82, 2.24) is 15.1 Å². The first-order valence-electron chi connectivity index (χ1n) is 6.32. The van der Waals surface area contributed by atoms with Crippen LogP contribution >= 0.6 is 0 Å². The number of nitrogens with zero attached hydrogens (tertiary/aromatic N) is 2. The monoisotopic (exact) mass is 229 g/mol. The van der Waals surface area contributed by atoms with Gasteiger partial charge in [-0.1, -0.05) is 0 Å². The van der Waals surface area contributed by atoms with Crippen LogP contribution < -0.4 is 5.32 Å². The summed E-state index contributed by atoms with van der Waals surface area (Å²) >= 11 is 0. The Morgan fingerprint density at radius 2 is 2.25 bits per heavy atom. The van der Waals surface area contributed by atoms with Crippen LogP contribution in [0.5, 0.6) is 0 Å². The number of piperidine rings is 1. The van der Waals surface area contributed by atoms with Gasteiger partial charge in [-0.2, -0.15) is 0 Å². The largest absolute Gasteiger partial charge is 0.383 e. The summed E-state index contributed by atoms with van der Waals surface area (Å²) in [4.78, 5) is 4.92. The van der Waals surface area contributed by atoms with Gasteiger partial charge >= 0.3 is 0 Å². The van der Waals surface area contributed by atoms with Gasteiger partial charge in [-0.3, -0.25) is 0 Å². The van der Waals surface area contributed by atoms with Crippen LogP contribution in [-0.2, 0) is 4.74 Å². The Balaban J connectivity index is 2.06. The summed E-state index contributed by atoms with van der Waals surface area (Å²) in [5.41, 5.74) is 0. The molecule has 1 heterocycles. The third kappa shape index (κ3) is 5.25. The van der Waals surface area contributed by atoms with Gasteiger partial charge in [-0.15, -0.1) is 0 Å². The van der Waals surface area contributed by atoms with Crippen molar-refractivity contribution in [3.63, 3.8) is 0 Å². The Morgan fingerprint density at radius 3 is 2.94 bits per heavy atom. The molecule has 96 valence electrons. The SMILES string of the molecule is COCCNCCN(C)C1CCCN(C)C1. The minimum absolute atomic E-state index is 0.739. The molecule has 1 saturated heterocycles. The van der Waals surface area contributed by atoms with Crippen LogP contribution in [0.4, 0.5) is 0 Å². The number of rotatable bonds is 7. The summed E-state index contributed by atoms with van der Waals surface area (Å²) in [6, 6.07) is 0.739. The van der Waals surface area contributed by atoms with Crippen LogP contribution in [0.2, 0.25) is 0 Å². The minimum Gasteiger partial charge on any atom is -0.383 e. The molecule has 1 N–H and O–H groups in total. The molecule has 0 amide bonds. The number of likely N-dealkylation sites (tertiary alicyclic amines) is 1. The molecule has 1 aliphatic rings. The Kier molecular flexibility index (Phi) is 6.96. The normalized spacial score (nSPS) is 22.9. The van der Waals surface area contributed by atoms with Gasteiger partial charge in [0.05, 0.1) is 6.61 Å². The molecule has 4 heteroatoms. The van der Waals surface area contributed by atoms with Crippen molar-refractivity contribution in [3.05, 3.63) is 0 Å². The molecule has 1 atom stereocenters. The van der Waals surface area contributed by atoms with Crippen LogP contribution in [0.25, 0.3) is 0 Å². The average molecular weight is 229 g/mol. The van der Waals surface area contributed by atoms with E-state index in [1.165, 1.54) is 25.9 Å². The highest BCUT2D eigenvalue weighted by molar-refractivity contribution is 4.77. The third-order valence-corrected chi connectivity index (χ3v) is 3.35. The maximum Gasteiger partial charge on any atom is 0.0587 e. The smallest absolute Gasteiger partial charge is 0.0587 e. The van der Waals surface area contributed by atoms with Gasteiger partial charge in [0.25, 0.3) is 0 Å². The Bertz CT molecular complexity index is 178. The highest BCUT2D eigenvalue weighted by atomic mass is 16.5. The maximum atomic E-state index is 5.00. The van der Waals surface area contributed by atoms with E-state index in [0.29, 0.717) is 0 Å². The highest BCUT2D eigenvalue weighted by Gasteiger charge is 2.20. The van der Waals surface area contributed by atoms with Crippen molar-refractivity contribution < 1.29 is 4.74 Å². The van der Waals surface area contributed by atoms with E-state index in [1.54, 1.807) is 7.11 Å². The quantitative estimate of drug-likeness (QED) is 0.633. The zero-order valence-electron chi connectivity index (χ0n) is 11.0. The van der Waals surface area contributed by atoms with Crippen LogP contribution in [0, 0.1) is 0 Å². The Labute approximate surface area is 99.9 Å². The van der Waals surface area contributed by atoms with E-state index in [1.807, 2.05) is 0 Å². The van der Waals surface area contributed by atoms with Gasteiger partial charge in [0.2, 0.25) is 0 Å². The van der Waals surface area contributed by atoms with Crippen LogP contribution in [0.1, 0.15) is 12.8 Å². The van der Waals surface area contributed by atoms with E-state index >= 15 is 0 Å². The zero-order valence-corrected chi connectivity index (χ0v) is 11.0. The summed E-state index contributed by atoms with van der Waals surface area (Å²) in [7, 11) is 6.20. The summed E-state index contributed by atoms with van der Waals surface area (Å²) in [6.07, 6.45) is 2.68. The number of methoxy groups -OCH3 is 1. The predicted molar refractivity (Wildman–Crippen MR) is 67.9 cm³/mol. The molecule has 16 heavy (non-hydrogen) atoms. The first-order chi connectivity index (χ1) is 7.74. The molecule has 1 aliphatic heterocycles. The molecular weight excluding hydrogens is 202 g/mol. The molecule has 1 fully saturated rings. The minimum atomic E-state index is 0.739. The van der Waals surface area contributed by atoms with E-state index in [-0.39, 0.29) is 0 Å². The molecule has 0 aliphatic carbocycles. The lowest BCUT2D eigenvalue weighted by atomic mass is 10.1. The number of ether oxygens (including phenoxy) is 1. The van der Waals surface area contributed by atoms with E-state index in [4.69, 9.17) is 4.74 Å². The average Bonchev–Trinajstić information content (AvgIpc) is 2.28. The predicted octanol–water partition coefficient (Wildman–Crippen LogP) is 0.248. The lowest BCUT2D eigenvalue weighted by Gasteiger charge is -2.35. The molecule has 0 aromatic rings. The molecule has 0 saturated carbocycles. The number of hydrogen-bond acceptors (Lipinski definition) is 4. The van der Waals surface area contributed by atoms with Crippen molar-refractivity contribution in [3.8, 4) is 0 Å². The number of likely N-dealkylation sites (N-methyl/N-ethyl adjacent to an activating group) is 2. The molecule has 0 aromatic carbocycles. The second kappa shape index (κ2) is 8.01. The van der Waals surface area contributed by atoms with E-state index in [2.05, 4.69) is 29.2 Å². The lowest BCUT2D eigenvalue weighted by molar-refractivity contribution is 0.134. The zero-order chi connectivity index (χ0) is 11.8. The molecule has 0 radical (unpaired) electrons. The van der Waals surface area contributed by atoms with Crippen molar-refractivity contribution in [2.75, 3.05) is 60.5 Å². The van der Waals surface area contributed by atoms with Gasteiger partial charge in [-0.25, -0.2) is 0 Å². The van der Waals surface area contributed by atoms with Crippen LogP contribution in [-0.4, -0.2) is 76.4 Å². The first-order valence-corrected chi connectivity index (χ1v) is 6.32. The van der Waals surface area contributed by atoms with Gasteiger partial charge in [0, 0.05) is 39.3 Å². The second-order valence-corrected chi connectivity index (χ2v) is 4.78. The molecule has 0 bridgehead atoms. The fourth-order valence-corrected chi connectivity index (χ4v) is 2.24. The summed E-state index contributed by atoms with van der Waals surface area (Å²) < 4.78 is 5.00. The number of nitrogens with one attached hydrogen (secondary N) is 1. The van der Waals surface area contributed by atoms with Crippen molar-refractivity contribution in [1.29, 1.82) is 0 Å². The molecule has 1 unspecified atom stereocenters. The van der Waals surface area contributed by atoms with Crippen molar-refractivity contribution in [2.45, 2.75) is 18.9 Å². The highest BCUT2D eigenvalue weighted by Crippen LogP contribution is 2.12. The second-order valence-electron chi connectivity index (χ2n) is 4.78. The molecule has 4 nitrogen and oxygen atoms in total. The summed E-state index contributed by atoms with van der Waals surface area (Å²) in [6.45, 7) is 6.41. The Morgan fingerprint density at radius 1 is 1.44 bits per heavy atom. The molecule has 0 spiro atoms. The van der Waals surface area contributed by atoms with Crippen molar-refractivity contribution >= 4 is 0 Å². The fourth-order valence-electron chi connectivity index (χ4n) is 2.24. The lowest BCUT2D eigenvalue weighted by Crippen LogP contribution is -2.46. The standard InChI is InChI=1S/C12H27N3O/c1-14-8-4-5-12(11-14)15(2)9-6-13-7-10-16-3/h12-13H,4-11H2,1-3H3. The third-order valence-electron chi connectivity index (χ3n) is 3.35. The van der Waals surface area contributed by atoms with Crippen molar-refractivity contribution in [2.24, 2.45) is 0 Å². The van der Waals surface area contributed by atoms with E-state index in [9.17, 15) is 0 Å². The topological polar surface area (TPSA) is 27.7 Å². The van der Waals surface area contributed by atoms with Gasteiger partial charge in [-0.05, 0) is 33.5 Å². The maximum absolute atomic E-state index is 5.00. The molecule has 1 rings (SSSR count). The van der Waals surface area contributed by atoms with E-state index in [0.717, 1.165) is 32.3 Å². The van der Waals surface area contributed by atoms with Gasteiger partial charge < -0.3 is 19.9 Å².